The molecule has 0 aliphatic rings. The molecule has 0 aliphatic carbocycles. The van der Waals surface area contributed by atoms with Crippen LogP contribution in [0.1, 0.15) is 22.3 Å². The van der Waals surface area contributed by atoms with E-state index in [4.69, 9.17) is 4.74 Å². The summed E-state index contributed by atoms with van der Waals surface area (Å²) in [5.41, 5.74) is 4.57. The van der Waals surface area contributed by atoms with Gasteiger partial charge < -0.3 is 10.1 Å². The summed E-state index contributed by atoms with van der Waals surface area (Å²) < 4.78 is 33.6. The molecule has 0 aromatic heterocycles. The van der Waals surface area contributed by atoms with Gasteiger partial charge in [-0.15, -0.1) is 0 Å². The molecule has 0 atom stereocenters. The first-order valence-corrected chi connectivity index (χ1v) is 12.2. The van der Waals surface area contributed by atoms with Crippen molar-refractivity contribution in [2.24, 2.45) is 0 Å². The lowest BCUT2D eigenvalue weighted by Gasteiger charge is -2.24. The molecule has 0 saturated carbocycles. The van der Waals surface area contributed by atoms with Crippen molar-refractivity contribution < 1.29 is 17.9 Å². The van der Waals surface area contributed by atoms with Gasteiger partial charge in [0.05, 0.1) is 17.1 Å². The number of nitrogens with one attached hydrogen (secondary N) is 1. The first kappa shape index (κ1) is 24.3. The van der Waals surface area contributed by atoms with Crippen molar-refractivity contribution >= 4 is 21.6 Å². The van der Waals surface area contributed by atoms with Crippen LogP contribution < -0.4 is 14.4 Å². The zero-order valence-corrected chi connectivity index (χ0v) is 20.3. The van der Waals surface area contributed by atoms with E-state index >= 15 is 0 Å². The molecule has 3 rings (SSSR count). The average Bonchev–Trinajstić information content (AvgIpc) is 2.78. The highest BCUT2D eigenvalue weighted by molar-refractivity contribution is 7.92. The zero-order chi connectivity index (χ0) is 24.0. The lowest BCUT2D eigenvalue weighted by molar-refractivity contribution is -0.119. The molecule has 33 heavy (non-hydrogen) atoms. The average molecular weight is 467 g/mol. The molecular formula is C26H30N2O4S. The van der Waals surface area contributed by atoms with E-state index in [1.165, 1.54) is 0 Å². The number of ether oxygens (including phenoxy) is 1. The van der Waals surface area contributed by atoms with Gasteiger partial charge in [-0.2, -0.15) is 0 Å². The van der Waals surface area contributed by atoms with Crippen LogP contribution in [0.2, 0.25) is 0 Å². The van der Waals surface area contributed by atoms with Crippen molar-refractivity contribution in [3.8, 4) is 5.75 Å². The van der Waals surface area contributed by atoms with Crippen LogP contribution in [-0.2, 0) is 14.8 Å². The number of carbonyl (C=O) groups is 1. The minimum Gasteiger partial charge on any atom is -0.491 e. The Morgan fingerprint density at radius 2 is 1.48 bits per heavy atom. The summed E-state index contributed by atoms with van der Waals surface area (Å²) in [5.74, 6) is 0.364. The molecule has 0 radical (unpaired) electrons. The summed E-state index contributed by atoms with van der Waals surface area (Å²) in [6.45, 7) is 8.02. The minimum atomic E-state index is -3.92. The fraction of sp³-hybridized carbons (Fsp3) is 0.269. The maximum Gasteiger partial charge on any atom is 0.264 e. The maximum atomic E-state index is 13.4. The minimum absolute atomic E-state index is 0.139. The van der Waals surface area contributed by atoms with Gasteiger partial charge in [-0.3, -0.25) is 9.10 Å². The van der Waals surface area contributed by atoms with Gasteiger partial charge in [0, 0.05) is 0 Å². The monoisotopic (exact) mass is 466 g/mol. The molecule has 174 valence electrons. The summed E-state index contributed by atoms with van der Waals surface area (Å²) in [4.78, 5) is 12.8. The Morgan fingerprint density at radius 3 is 2.12 bits per heavy atom. The van der Waals surface area contributed by atoms with Crippen molar-refractivity contribution in [3.05, 3.63) is 89.0 Å². The highest BCUT2D eigenvalue weighted by Gasteiger charge is 2.27. The molecule has 0 saturated heterocycles. The van der Waals surface area contributed by atoms with Crippen LogP contribution in [0.3, 0.4) is 0 Å². The van der Waals surface area contributed by atoms with Crippen molar-refractivity contribution in [1.82, 2.24) is 5.32 Å². The summed E-state index contributed by atoms with van der Waals surface area (Å²) >= 11 is 0. The van der Waals surface area contributed by atoms with Gasteiger partial charge in [0.2, 0.25) is 5.91 Å². The summed E-state index contributed by atoms with van der Waals surface area (Å²) in [6, 6.07) is 19.5. The maximum absolute atomic E-state index is 13.4. The summed E-state index contributed by atoms with van der Waals surface area (Å²) in [7, 11) is -3.92. The van der Waals surface area contributed by atoms with E-state index in [9.17, 15) is 13.2 Å². The van der Waals surface area contributed by atoms with Gasteiger partial charge in [-0.05, 0) is 69.2 Å². The van der Waals surface area contributed by atoms with E-state index < -0.39 is 15.9 Å². The van der Waals surface area contributed by atoms with Crippen LogP contribution in [0.5, 0.6) is 5.75 Å². The predicted molar refractivity (Wildman–Crippen MR) is 131 cm³/mol. The third kappa shape index (κ3) is 6.14. The van der Waals surface area contributed by atoms with Crippen molar-refractivity contribution in [2.45, 2.75) is 32.6 Å². The number of aryl methyl sites for hydroxylation is 3. The molecule has 0 fully saturated rings. The fourth-order valence-electron chi connectivity index (χ4n) is 3.28. The van der Waals surface area contributed by atoms with Crippen LogP contribution >= 0.6 is 0 Å². The second kappa shape index (κ2) is 10.5. The zero-order valence-electron chi connectivity index (χ0n) is 19.5. The molecule has 0 spiro atoms. The highest BCUT2D eigenvalue weighted by atomic mass is 32.2. The van der Waals surface area contributed by atoms with Crippen LogP contribution in [-0.4, -0.2) is 34.0 Å². The molecule has 0 unspecified atom stereocenters. The summed E-state index contributed by atoms with van der Waals surface area (Å²) in [6.07, 6.45) is 0. The molecule has 3 aromatic carbocycles. The number of sulfonamides is 1. The Hall–Kier alpha value is -3.32. The van der Waals surface area contributed by atoms with Gasteiger partial charge >= 0.3 is 0 Å². The Labute approximate surface area is 196 Å². The molecular weight excluding hydrogens is 436 g/mol. The van der Waals surface area contributed by atoms with E-state index in [2.05, 4.69) is 5.32 Å². The molecule has 6 nitrogen and oxygen atoms in total. The first-order chi connectivity index (χ1) is 15.7. The lowest BCUT2D eigenvalue weighted by atomic mass is 10.1. The number of carbonyl (C=O) groups excluding carboxylic acids is 1. The Bertz CT molecular complexity index is 1200. The molecule has 1 N–H and O–H groups in total. The summed E-state index contributed by atoms with van der Waals surface area (Å²) in [5, 5.41) is 2.76. The van der Waals surface area contributed by atoms with Crippen LogP contribution in [0, 0.1) is 27.7 Å². The largest absolute Gasteiger partial charge is 0.491 e. The molecule has 3 aromatic rings. The Morgan fingerprint density at radius 1 is 0.879 bits per heavy atom. The van der Waals surface area contributed by atoms with E-state index in [1.54, 1.807) is 36.4 Å². The smallest absolute Gasteiger partial charge is 0.264 e. The normalized spacial score (nSPS) is 11.2. The van der Waals surface area contributed by atoms with Gasteiger partial charge in [0.1, 0.15) is 18.9 Å². The van der Waals surface area contributed by atoms with Crippen LogP contribution in [0.15, 0.2) is 71.6 Å². The number of hydrogen-bond acceptors (Lipinski definition) is 4. The number of benzene rings is 3. The Balaban J connectivity index is 1.70. The van der Waals surface area contributed by atoms with Gasteiger partial charge in [-0.1, -0.05) is 47.5 Å². The van der Waals surface area contributed by atoms with Crippen LogP contribution in [0.25, 0.3) is 0 Å². The van der Waals surface area contributed by atoms with Crippen LogP contribution in [0.4, 0.5) is 5.69 Å². The predicted octanol–water partition coefficient (Wildman–Crippen LogP) is 4.31. The lowest BCUT2D eigenvalue weighted by Crippen LogP contribution is -2.41. The topological polar surface area (TPSA) is 75.7 Å². The number of rotatable bonds is 9. The number of nitrogens with zero attached hydrogens (tertiary/aromatic N) is 1. The molecule has 1 amide bonds. The molecule has 0 aliphatic heterocycles. The molecule has 7 heteroatoms. The van der Waals surface area contributed by atoms with E-state index in [-0.39, 0.29) is 24.6 Å². The fourth-order valence-corrected chi connectivity index (χ4v) is 4.70. The van der Waals surface area contributed by atoms with E-state index in [0.717, 1.165) is 32.3 Å². The second-order valence-electron chi connectivity index (χ2n) is 8.06. The van der Waals surface area contributed by atoms with Crippen molar-refractivity contribution in [2.75, 3.05) is 24.0 Å². The van der Waals surface area contributed by atoms with E-state index in [0.29, 0.717) is 5.69 Å². The molecule has 0 heterocycles. The first-order valence-electron chi connectivity index (χ1n) is 10.8. The van der Waals surface area contributed by atoms with E-state index in [1.807, 2.05) is 58.0 Å². The third-order valence-corrected chi connectivity index (χ3v) is 7.24. The SMILES string of the molecule is Cc1ccc(N(CC(=O)NCCOc2cccc(C)c2C)S(=O)(=O)c2ccc(C)cc2)cc1. The Kier molecular flexibility index (Phi) is 7.76. The van der Waals surface area contributed by atoms with Crippen molar-refractivity contribution in [3.63, 3.8) is 0 Å². The number of amides is 1. The number of hydrogen-bond donors (Lipinski definition) is 1. The highest BCUT2D eigenvalue weighted by Crippen LogP contribution is 2.24. The van der Waals surface area contributed by atoms with Gasteiger partial charge in [0.15, 0.2) is 0 Å². The van der Waals surface area contributed by atoms with Gasteiger partial charge in [0.25, 0.3) is 10.0 Å². The van der Waals surface area contributed by atoms with Crippen molar-refractivity contribution in [1.29, 1.82) is 0 Å². The standard InChI is InChI=1S/C26H30N2O4S/c1-19-8-12-23(13-9-19)28(33(30,31)24-14-10-20(2)11-15-24)18-26(29)27-16-17-32-25-7-5-6-21(3)22(25)4/h5-15H,16-18H2,1-4H3,(H,27,29). The molecule has 0 bridgehead atoms. The number of anilines is 1. The quantitative estimate of drug-likeness (QED) is 0.477. The third-order valence-electron chi connectivity index (χ3n) is 5.45. The second-order valence-corrected chi connectivity index (χ2v) is 9.92. The van der Waals surface area contributed by atoms with Gasteiger partial charge in [-0.25, -0.2) is 8.42 Å².